The standard InChI is InChI=1S/C21H19BrF3N3O4/c1-30-5-6-32-10-16-17(21(29)31-2)18(13-4-3-11(23)7-14(13)22)28-20(27-16)19-15(25)8-12(24)9-26-19/h3-4,7-9,18H,5-6,10H2,1-2H3,(H,27,28). The first-order valence-electron chi connectivity index (χ1n) is 9.35. The highest BCUT2D eigenvalue weighted by Gasteiger charge is 2.34. The molecule has 1 aromatic carbocycles. The number of esters is 1. The summed E-state index contributed by atoms with van der Waals surface area (Å²) in [5, 5.41) is 2.85. The smallest absolute Gasteiger partial charge is 0.338 e. The van der Waals surface area contributed by atoms with Crippen molar-refractivity contribution in [1.82, 2.24) is 10.3 Å². The van der Waals surface area contributed by atoms with Gasteiger partial charge in [-0.3, -0.25) is 4.99 Å². The summed E-state index contributed by atoms with van der Waals surface area (Å²) in [7, 11) is 2.72. The van der Waals surface area contributed by atoms with Crippen LogP contribution in [0.2, 0.25) is 0 Å². The van der Waals surface area contributed by atoms with Gasteiger partial charge in [-0.2, -0.15) is 0 Å². The number of ether oxygens (including phenoxy) is 3. The molecule has 0 aliphatic carbocycles. The Balaban J connectivity index is 2.13. The van der Waals surface area contributed by atoms with Crippen molar-refractivity contribution in [1.29, 1.82) is 0 Å². The summed E-state index contributed by atoms with van der Waals surface area (Å²) in [5.41, 5.74) is 0.490. The van der Waals surface area contributed by atoms with Crippen molar-refractivity contribution in [2.24, 2.45) is 4.99 Å². The Morgan fingerprint density at radius 1 is 1.16 bits per heavy atom. The summed E-state index contributed by atoms with van der Waals surface area (Å²) in [4.78, 5) is 20.9. The largest absolute Gasteiger partial charge is 0.466 e. The van der Waals surface area contributed by atoms with Crippen LogP contribution >= 0.6 is 15.9 Å². The molecule has 1 unspecified atom stereocenters. The minimum atomic E-state index is -1.01. The number of methoxy groups -OCH3 is 2. The predicted molar refractivity (Wildman–Crippen MR) is 112 cm³/mol. The van der Waals surface area contributed by atoms with Crippen molar-refractivity contribution in [2.75, 3.05) is 34.0 Å². The number of halogens is 4. The predicted octanol–water partition coefficient (Wildman–Crippen LogP) is 3.44. The molecule has 1 atom stereocenters. The molecule has 1 N–H and O–H groups in total. The molecule has 2 aromatic rings. The third-order valence-electron chi connectivity index (χ3n) is 4.50. The lowest BCUT2D eigenvalue weighted by atomic mass is 9.95. The second kappa shape index (κ2) is 10.7. The lowest BCUT2D eigenvalue weighted by Crippen LogP contribution is -2.36. The van der Waals surface area contributed by atoms with Gasteiger partial charge in [-0.05, 0) is 17.7 Å². The molecule has 3 rings (SSSR count). The Hall–Kier alpha value is -2.76. The molecular weight excluding hydrogens is 495 g/mol. The first-order valence-corrected chi connectivity index (χ1v) is 10.1. The Morgan fingerprint density at radius 3 is 2.59 bits per heavy atom. The zero-order valence-corrected chi connectivity index (χ0v) is 18.7. The molecule has 0 fully saturated rings. The average molecular weight is 514 g/mol. The Kier molecular flexibility index (Phi) is 7.99. The molecule has 0 saturated carbocycles. The van der Waals surface area contributed by atoms with Crippen LogP contribution < -0.4 is 5.32 Å². The minimum Gasteiger partial charge on any atom is -0.466 e. The number of pyridine rings is 1. The fourth-order valence-electron chi connectivity index (χ4n) is 3.03. The number of carbonyl (C=O) groups excluding carboxylic acids is 1. The van der Waals surface area contributed by atoms with E-state index >= 15 is 0 Å². The maximum absolute atomic E-state index is 14.5. The van der Waals surface area contributed by atoms with Gasteiger partial charge in [0.1, 0.15) is 23.4 Å². The van der Waals surface area contributed by atoms with E-state index in [0.29, 0.717) is 22.7 Å². The van der Waals surface area contributed by atoms with E-state index in [1.54, 1.807) is 0 Å². The van der Waals surface area contributed by atoms with E-state index in [0.717, 1.165) is 6.20 Å². The van der Waals surface area contributed by atoms with Crippen molar-refractivity contribution in [2.45, 2.75) is 6.04 Å². The summed E-state index contributed by atoms with van der Waals surface area (Å²) in [5.74, 6) is -3.07. The Morgan fingerprint density at radius 2 is 1.94 bits per heavy atom. The molecule has 0 spiro atoms. The van der Waals surface area contributed by atoms with Crippen LogP contribution in [0.1, 0.15) is 17.3 Å². The van der Waals surface area contributed by atoms with Crippen molar-refractivity contribution in [3.63, 3.8) is 0 Å². The lowest BCUT2D eigenvalue weighted by molar-refractivity contribution is -0.136. The number of rotatable bonds is 8. The molecule has 7 nitrogen and oxygen atoms in total. The molecule has 2 heterocycles. The molecule has 32 heavy (non-hydrogen) atoms. The van der Waals surface area contributed by atoms with Crippen molar-refractivity contribution in [3.05, 3.63) is 74.9 Å². The Labute approximate surface area is 190 Å². The van der Waals surface area contributed by atoms with Crippen molar-refractivity contribution >= 4 is 27.7 Å². The number of benzene rings is 1. The normalized spacial score (nSPS) is 15.9. The molecule has 170 valence electrons. The number of hydrogen-bond acceptors (Lipinski definition) is 7. The second-order valence-corrected chi connectivity index (χ2v) is 7.44. The minimum absolute atomic E-state index is 0.0540. The van der Waals surface area contributed by atoms with Crippen LogP contribution in [0.4, 0.5) is 13.2 Å². The Bertz CT molecular complexity index is 1080. The van der Waals surface area contributed by atoms with E-state index in [1.807, 2.05) is 0 Å². The molecule has 0 bridgehead atoms. The van der Waals surface area contributed by atoms with E-state index in [9.17, 15) is 18.0 Å². The summed E-state index contributed by atoms with van der Waals surface area (Å²) >= 11 is 3.28. The van der Waals surface area contributed by atoms with Gasteiger partial charge < -0.3 is 19.5 Å². The SMILES string of the molecule is COCCOCC1=C(C(=O)OC)C(c2ccc(F)cc2Br)N=C(c2ncc(F)cc2F)N1. The molecule has 1 aromatic heterocycles. The van der Waals surface area contributed by atoms with E-state index in [2.05, 4.69) is 31.2 Å². The van der Waals surface area contributed by atoms with Gasteiger partial charge >= 0.3 is 5.97 Å². The van der Waals surface area contributed by atoms with Crippen molar-refractivity contribution < 1.29 is 32.2 Å². The number of carbonyl (C=O) groups is 1. The number of nitrogens with zero attached hydrogens (tertiary/aromatic N) is 2. The lowest BCUT2D eigenvalue weighted by Gasteiger charge is -2.27. The molecule has 1 aliphatic heterocycles. The fraction of sp³-hybridized carbons (Fsp3) is 0.286. The number of hydrogen-bond donors (Lipinski definition) is 1. The van der Waals surface area contributed by atoms with Gasteiger partial charge in [0.25, 0.3) is 0 Å². The monoisotopic (exact) mass is 513 g/mol. The van der Waals surface area contributed by atoms with Gasteiger partial charge in [-0.1, -0.05) is 22.0 Å². The molecule has 0 amide bonds. The van der Waals surface area contributed by atoms with Gasteiger partial charge in [-0.25, -0.2) is 22.9 Å². The topological polar surface area (TPSA) is 82.0 Å². The highest BCUT2D eigenvalue weighted by molar-refractivity contribution is 9.10. The van der Waals surface area contributed by atoms with Crippen molar-refractivity contribution in [3.8, 4) is 0 Å². The van der Waals surface area contributed by atoms with Crippen LogP contribution in [0.15, 0.2) is 51.2 Å². The second-order valence-electron chi connectivity index (χ2n) is 6.58. The van der Waals surface area contributed by atoms with Gasteiger partial charge in [-0.15, -0.1) is 0 Å². The van der Waals surface area contributed by atoms with Crippen LogP contribution in [0.5, 0.6) is 0 Å². The van der Waals surface area contributed by atoms with E-state index in [4.69, 9.17) is 14.2 Å². The van der Waals surface area contributed by atoms with Crippen LogP contribution in [0.3, 0.4) is 0 Å². The quantitative estimate of drug-likeness (QED) is 0.430. The van der Waals surface area contributed by atoms with Gasteiger partial charge in [0.05, 0.1) is 44.4 Å². The third kappa shape index (κ3) is 5.34. The maximum atomic E-state index is 14.5. The summed E-state index contributed by atoms with van der Waals surface area (Å²) < 4.78 is 57.3. The highest BCUT2D eigenvalue weighted by Crippen LogP contribution is 2.36. The van der Waals surface area contributed by atoms with Crippen LogP contribution in [0.25, 0.3) is 0 Å². The molecule has 11 heteroatoms. The molecule has 0 radical (unpaired) electrons. The van der Waals surface area contributed by atoms with Crippen LogP contribution in [-0.2, 0) is 19.0 Å². The number of amidine groups is 1. The van der Waals surface area contributed by atoms with Crippen LogP contribution in [-0.4, -0.2) is 50.8 Å². The first-order chi connectivity index (χ1) is 15.3. The molecular formula is C21H19BrF3N3O4. The number of nitrogens with one attached hydrogen (secondary N) is 1. The average Bonchev–Trinajstić information content (AvgIpc) is 2.76. The van der Waals surface area contributed by atoms with Gasteiger partial charge in [0.15, 0.2) is 11.7 Å². The van der Waals surface area contributed by atoms with Gasteiger partial charge in [0, 0.05) is 17.6 Å². The molecule has 1 aliphatic rings. The summed E-state index contributed by atoms with van der Waals surface area (Å²) in [6.07, 6.45) is 0.847. The van der Waals surface area contributed by atoms with Crippen LogP contribution in [0, 0.1) is 17.5 Å². The number of aromatic nitrogens is 1. The van der Waals surface area contributed by atoms with E-state index in [1.165, 1.54) is 32.4 Å². The first kappa shape index (κ1) is 23.9. The van der Waals surface area contributed by atoms with E-state index in [-0.39, 0.29) is 36.0 Å². The van der Waals surface area contributed by atoms with E-state index < -0.39 is 29.5 Å². The summed E-state index contributed by atoms with van der Waals surface area (Å²) in [6, 6.07) is 3.52. The molecule has 0 saturated heterocycles. The number of aliphatic imine (C=N–C) groups is 1. The summed E-state index contributed by atoms with van der Waals surface area (Å²) in [6.45, 7) is 0.435. The van der Waals surface area contributed by atoms with Gasteiger partial charge in [0.2, 0.25) is 0 Å². The zero-order valence-electron chi connectivity index (χ0n) is 17.1. The highest BCUT2D eigenvalue weighted by atomic mass is 79.9. The fourth-order valence-corrected chi connectivity index (χ4v) is 3.60. The zero-order chi connectivity index (χ0) is 23.3. The third-order valence-corrected chi connectivity index (χ3v) is 5.19. The maximum Gasteiger partial charge on any atom is 0.338 e.